The van der Waals surface area contributed by atoms with Crippen LogP contribution in [0, 0.1) is 5.92 Å². The van der Waals surface area contributed by atoms with Gasteiger partial charge in [-0.15, -0.1) is 0 Å². The van der Waals surface area contributed by atoms with Gasteiger partial charge in [0, 0.05) is 31.6 Å². The lowest BCUT2D eigenvalue weighted by Crippen LogP contribution is -2.41. The lowest BCUT2D eigenvalue weighted by atomic mass is 9.96. The highest BCUT2D eigenvalue weighted by Gasteiger charge is 2.24. The number of carboxylic acids is 2. The van der Waals surface area contributed by atoms with Gasteiger partial charge in [-0.2, -0.15) is 4.98 Å². The van der Waals surface area contributed by atoms with Gasteiger partial charge in [-0.1, -0.05) is 12.1 Å². The first-order valence-corrected chi connectivity index (χ1v) is 10.8. The van der Waals surface area contributed by atoms with Crippen LogP contribution in [0.1, 0.15) is 34.3 Å². The van der Waals surface area contributed by atoms with Gasteiger partial charge in [0.1, 0.15) is 11.9 Å². The molecule has 2 aromatic rings. The number of amides is 2. The third-order valence-corrected chi connectivity index (χ3v) is 5.58. The number of nitrogens with zero attached hydrogens (tertiary/aromatic N) is 2. The van der Waals surface area contributed by atoms with Gasteiger partial charge in [-0.25, -0.2) is 4.79 Å². The summed E-state index contributed by atoms with van der Waals surface area (Å²) in [5.41, 5.74) is 6.68. The van der Waals surface area contributed by atoms with Gasteiger partial charge in [0.2, 0.25) is 12.4 Å². The highest BCUT2D eigenvalue weighted by atomic mass is 16.4. The number of anilines is 2. The molecule has 1 unspecified atom stereocenters. The zero-order valence-corrected chi connectivity index (χ0v) is 18.7. The van der Waals surface area contributed by atoms with Crippen molar-refractivity contribution in [2.75, 3.05) is 24.1 Å². The molecule has 0 saturated carbocycles. The van der Waals surface area contributed by atoms with Crippen LogP contribution < -0.4 is 21.9 Å². The molecule has 35 heavy (non-hydrogen) atoms. The van der Waals surface area contributed by atoms with Crippen molar-refractivity contribution in [3.05, 3.63) is 51.3 Å². The summed E-state index contributed by atoms with van der Waals surface area (Å²) in [6.07, 6.45) is 0.514. The smallest absolute Gasteiger partial charge is 0.326 e. The van der Waals surface area contributed by atoms with E-state index in [4.69, 9.17) is 10.8 Å². The lowest BCUT2D eigenvalue weighted by Gasteiger charge is -2.28. The Morgan fingerprint density at radius 1 is 1.26 bits per heavy atom. The van der Waals surface area contributed by atoms with Gasteiger partial charge >= 0.3 is 11.9 Å². The number of nitrogens with two attached hydrogens (primary N) is 1. The van der Waals surface area contributed by atoms with Crippen LogP contribution >= 0.6 is 0 Å². The number of carboxylic acid groups (broad SMARTS) is 2. The molecule has 0 bridgehead atoms. The largest absolute Gasteiger partial charge is 0.481 e. The maximum Gasteiger partial charge on any atom is 0.326 e. The van der Waals surface area contributed by atoms with Crippen molar-refractivity contribution < 1.29 is 29.4 Å². The Balaban J connectivity index is 1.58. The number of hydrogen-bond donors (Lipinski definition) is 6. The number of nitrogens with one attached hydrogen (secondary N) is 3. The fraction of sp³-hybridized carbons (Fsp3) is 0.364. The average molecular weight is 486 g/mol. The van der Waals surface area contributed by atoms with Gasteiger partial charge in [0.15, 0.2) is 0 Å². The van der Waals surface area contributed by atoms with Crippen LogP contribution in [0.5, 0.6) is 0 Å². The number of benzene rings is 1. The maximum absolute atomic E-state index is 12.4. The molecule has 1 aliphatic heterocycles. The Hall–Kier alpha value is -4.42. The average Bonchev–Trinajstić information content (AvgIpc) is 2.81. The Morgan fingerprint density at radius 3 is 2.60 bits per heavy atom. The summed E-state index contributed by atoms with van der Waals surface area (Å²) >= 11 is 0. The summed E-state index contributed by atoms with van der Waals surface area (Å²) in [7, 11) is 0. The molecule has 0 fully saturated rings. The minimum absolute atomic E-state index is 0.0250. The fourth-order valence-corrected chi connectivity index (χ4v) is 3.82. The quantitative estimate of drug-likeness (QED) is 0.227. The number of H-pyrrole nitrogens is 1. The normalized spacial score (nSPS) is 15.3. The van der Waals surface area contributed by atoms with Crippen molar-refractivity contribution in [3.8, 4) is 0 Å². The van der Waals surface area contributed by atoms with Crippen molar-refractivity contribution in [3.63, 3.8) is 0 Å². The molecule has 1 aromatic carbocycles. The SMILES string of the molecule is Nc1nc2c(c(=O)[nH]1)CC(CN(C=O)Cc1ccc(C(=O)N[C@@H](CCC(=O)O)C(=O)O)cc1)CN2. The molecular weight excluding hydrogens is 460 g/mol. The molecule has 3 rings (SSSR count). The first-order chi connectivity index (χ1) is 16.7. The Bertz CT molecular complexity index is 1160. The van der Waals surface area contributed by atoms with Gasteiger partial charge in [0.25, 0.3) is 11.5 Å². The monoisotopic (exact) mass is 486 g/mol. The molecule has 13 heteroatoms. The molecule has 13 nitrogen and oxygen atoms in total. The second-order valence-corrected chi connectivity index (χ2v) is 8.26. The van der Waals surface area contributed by atoms with Gasteiger partial charge in [-0.05, 0) is 36.5 Å². The van der Waals surface area contributed by atoms with Crippen LogP contribution in [-0.4, -0.2) is 68.5 Å². The lowest BCUT2D eigenvalue weighted by molar-refractivity contribution is -0.140. The molecule has 0 saturated heterocycles. The fourth-order valence-electron chi connectivity index (χ4n) is 3.82. The number of carbonyl (C=O) groups excluding carboxylic acids is 2. The van der Waals surface area contributed by atoms with Gasteiger partial charge < -0.3 is 31.5 Å². The van der Waals surface area contributed by atoms with E-state index in [2.05, 4.69) is 20.6 Å². The summed E-state index contributed by atoms with van der Waals surface area (Å²) in [6, 6.07) is 4.96. The van der Waals surface area contributed by atoms with Crippen molar-refractivity contribution in [2.24, 2.45) is 5.92 Å². The number of aromatic nitrogens is 2. The molecule has 7 N–H and O–H groups in total. The molecule has 0 radical (unpaired) electrons. The van der Waals surface area contributed by atoms with E-state index in [0.29, 0.717) is 37.3 Å². The number of carbonyl (C=O) groups is 4. The van der Waals surface area contributed by atoms with Crippen LogP contribution in [-0.2, 0) is 27.3 Å². The Labute approximate surface area is 199 Å². The number of nitrogen functional groups attached to an aromatic ring is 1. The van der Waals surface area contributed by atoms with E-state index in [9.17, 15) is 29.1 Å². The van der Waals surface area contributed by atoms with Crippen LogP contribution in [0.25, 0.3) is 0 Å². The molecule has 1 aliphatic rings. The molecule has 2 heterocycles. The predicted molar refractivity (Wildman–Crippen MR) is 124 cm³/mol. The van der Waals surface area contributed by atoms with E-state index in [-0.39, 0.29) is 36.0 Å². The number of rotatable bonds is 11. The minimum Gasteiger partial charge on any atom is -0.481 e. The summed E-state index contributed by atoms with van der Waals surface area (Å²) in [5.74, 6) is -2.67. The highest BCUT2D eigenvalue weighted by Crippen LogP contribution is 2.21. The third-order valence-electron chi connectivity index (χ3n) is 5.58. The second kappa shape index (κ2) is 11.1. The summed E-state index contributed by atoms with van der Waals surface area (Å²) in [4.78, 5) is 66.2. The third kappa shape index (κ3) is 6.79. The first kappa shape index (κ1) is 25.2. The number of aromatic amines is 1. The van der Waals surface area contributed by atoms with Crippen LogP contribution in [0.4, 0.5) is 11.8 Å². The molecule has 2 amide bonds. The van der Waals surface area contributed by atoms with E-state index >= 15 is 0 Å². The molecule has 1 aromatic heterocycles. The predicted octanol–water partition coefficient (Wildman–Crippen LogP) is -0.357. The van der Waals surface area contributed by atoms with Crippen molar-refractivity contribution >= 4 is 36.0 Å². The molecule has 186 valence electrons. The maximum atomic E-state index is 12.4. The van der Waals surface area contributed by atoms with Gasteiger partial charge in [0.05, 0.1) is 5.56 Å². The van der Waals surface area contributed by atoms with Crippen molar-refractivity contribution in [1.29, 1.82) is 0 Å². The minimum atomic E-state index is -1.32. The van der Waals surface area contributed by atoms with Crippen LogP contribution in [0.2, 0.25) is 0 Å². The van der Waals surface area contributed by atoms with Crippen molar-refractivity contribution in [2.45, 2.75) is 31.8 Å². The molecule has 0 spiro atoms. The van der Waals surface area contributed by atoms with Crippen molar-refractivity contribution in [1.82, 2.24) is 20.2 Å². The zero-order chi connectivity index (χ0) is 25.5. The number of fused-ring (bicyclic) bond motifs is 1. The van der Waals surface area contributed by atoms with E-state index < -0.39 is 30.3 Å². The molecular formula is C22H26N6O7. The topological polar surface area (TPSA) is 208 Å². The number of hydrogen-bond acceptors (Lipinski definition) is 8. The highest BCUT2D eigenvalue weighted by molar-refractivity contribution is 5.96. The first-order valence-electron chi connectivity index (χ1n) is 10.8. The van der Waals surface area contributed by atoms with E-state index in [1.807, 2.05) is 0 Å². The van der Waals surface area contributed by atoms with E-state index in [0.717, 1.165) is 5.56 Å². The van der Waals surface area contributed by atoms with Crippen LogP contribution in [0.3, 0.4) is 0 Å². The summed E-state index contributed by atoms with van der Waals surface area (Å²) in [5, 5.41) is 23.3. The molecule has 0 aliphatic carbocycles. The Morgan fingerprint density at radius 2 is 1.97 bits per heavy atom. The van der Waals surface area contributed by atoms with E-state index in [1.165, 1.54) is 12.1 Å². The zero-order valence-electron chi connectivity index (χ0n) is 18.7. The summed E-state index contributed by atoms with van der Waals surface area (Å²) < 4.78 is 0. The van der Waals surface area contributed by atoms with Crippen LogP contribution in [0.15, 0.2) is 29.1 Å². The molecule has 2 atom stereocenters. The number of aliphatic carboxylic acids is 2. The van der Waals surface area contributed by atoms with Gasteiger partial charge in [-0.3, -0.25) is 24.2 Å². The second-order valence-electron chi connectivity index (χ2n) is 8.26. The van der Waals surface area contributed by atoms with E-state index in [1.54, 1.807) is 17.0 Å². The Kier molecular flexibility index (Phi) is 8.02. The standard InChI is InChI=1S/C22H26N6O7/c23-22-26-18-15(20(33)27-22)7-13(8-24-18)10-28(11-29)9-12-1-3-14(4-2-12)19(32)25-16(21(34)35)5-6-17(30)31/h1-4,11,13,16H,5-10H2,(H,25,32)(H,30,31)(H,34,35)(H4,23,24,26,27,33)/t13?,16-/m0/s1. The summed E-state index contributed by atoms with van der Waals surface area (Å²) in [6.45, 7) is 1.16.